The molecular formula is C16H23N3O6S. The first kappa shape index (κ1) is 21.6. The number of esters is 1. The summed E-state index contributed by atoms with van der Waals surface area (Å²) in [6.45, 7) is 4.77. The molecule has 1 aromatic rings. The van der Waals surface area contributed by atoms with Gasteiger partial charge in [-0.25, -0.2) is 17.9 Å². The fourth-order valence-corrected chi connectivity index (χ4v) is 3.31. The Bertz CT molecular complexity index is 776. The van der Waals surface area contributed by atoms with E-state index < -0.39 is 34.5 Å². The second-order valence-corrected chi connectivity index (χ2v) is 7.22. The zero-order valence-corrected chi connectivity index (χ0v) is 15.7. The summed E-state index contributed by atoms with van der Waals surface area (Å²) in [4.78, 5) is 34.2. The highest BCUT2D eigenvalue weighted by atomic mass is 32.2. The van der Waals surface area contributed by atoms with Gasteiger partial charge in [0.1, 0.15) is 0 Å². The lowest BCUT2D eigenvalue weighted by Gasteiger charge is -2.10. The Morgan fingerprint density at radius 1 is 1.15 bits per heavy atom. The standard InChI is InChI=1S/C16H23N3O6S/c1-4-17-16(22)19-14(20)10-25-15(21)7-8-18-26(23,24)13-6-5-11(2)9-12(13)3/h5-6,9,18H,4,7-8,10H2,1-3H3,(H2,17,19,20,22). The molecule has 0 aliphatic carbocycles. The molecule has 9 nitrogen and oxygen atoms in total. The zero-order valence-electron chi connectivity index (χ0n) is 14.9. The third kappa shape index (κ3) is 7.19. The molecule has 0 saturated heterocycles. The minimum atomic E-state index is -3.75. The number of nitrogens with one attached hydrogen (secondary N) is 3. The maximum atomic E-state index is 12.2. The summed E-state index contributed by atoms with van der Waals surface area (Å²) in [6, 6.07) is 4.24. The lowest BCUT2D eigenvalue weighted by molar-refractivity contribution is -0.148. The Balaban J connectivity index is 2.41. The number of rotatable bonds is 8. The molecule has 1 aromatic carbocycles. The van der Waals surface area contributed by atoms with Crippen LogP contribution in [0.25, 0.3) is 0 Å². The number of amides is 3. The van der Waals surface area contributed by atoms with Gasteiger partial charge in [-0.05, 0) is 32.4 Å². The smallest absolute Gasteiger partial charge is 0.321 e. The molecule has 3 N–H and O–H groups in total. The minimum absolute atomic E-state index is 0.137. The normalized spacial score (nSPS) is 10.9. The van der Waals surface area contributed by atoms with Crippen molar-refractivity contribution in [2.24, 2.45) is 0 Å². The molecule has 0 aliphatic heterocycles. The number of carbonyl (C=O) groups is 3. The van der Waals surface area contributed by atoms with Crippen molar-refractivity contribution < 1.29 is 27.5 Å². The molecule has 3 amide bonds. The molecular weight excluding hydrogens is 362 g/mol. The van der Waals surface area contributed by atoms with Crippen LogP contribution in [0.5, 0.6) is 0 Å². The van der Waals surface area contributed by atoms with E-state index in [2.05, 4.69) is 14.8 Å². The molecule has 0 aliphatic rings. The van der Waals surface area contributed by atoms with Gasteiger partial charge in [-0.1, -0.05) is 17.7 Å². The van der Waals surface area contributed by atoms with Crippen LogP contribution in [0.3, 0.4) is 0 Å². The maximum absolute atomic E-state index is 12.2. The minimum Gasteiger partial charge on any atom is -0.456 e. The SMILES string of the molecule is CCNC(=O)NC(=O)COC(=O)CCNS(=O)(=O)c1ccc(C)cc1C. The van der Waals surface area contributed by atoms with E-state index in [1.54, 1.807) is 26.0 Å². The fraction of sp³-hybridized carbons (Fsp3) is 0.438. The van der Waals surface area contributed by atoms with Gasteiger partial charge in [0.05, 0.1) is 11.3 Å². The number of aryl methyl sites for hydroxylation is 2. The Hall–Kier alpha value is -2.46. The summed E-state index contributed by atoms with van der Waals surface area (Å²) in [7, 11) is -3.75. The van der Waals surface area contributed by atoms with E-state index in [9.17, 15) is 22.8 Å². The van der Waals surface area contributed by atoms with Crippen LogP contribution in [-0.2, 0) is 24.3 Å². The Morgan fingerprint density at radius 3 is 2.46 bits per heavy atom. The van der Waals surface area contributed by atoms with Gasteiger partial charge >= 0.3 is 12.0 Å². The van der Waals surface area contributed by atoms with Gasteiger partial charge in [-0.15, -0.1) is 0 Å². The van der Waals surface area contributed by atoms with Crippen molar-refractivity contribution in [3.63, 3.8) is 0 Å². The molecule has 144 valence electrons. The predicted octanol–water partition coefficient (Wildman–Crippen LogP) is 0.361. The highest BCUT2D eigenvalue weighted by Gasteiger charge is 2.17. The number of ether oxygens (including phenoxy) is 1. The monoisotopic (exact) mass is 385 g/mol. The lowest BCUT2D eigenvalue weighted by Crippen LogP contribution is -2.41. The number of hydrogen-bond acceptors (Lipinski definition) is 6. The Labute approximate surface area is 152 Å². The lowest BCUT2D eigenvalue weighted by atomic mass is 10.2. The van der Waals surface area contributed by atoms with Crippen LogP contribution >= 0.6 is 0 Å². The number of imide groups is 1. The summed E-state index contributed by atoms with van der Waals surface area (Å²) in [6.07, 6.45) is -0.251. The van der Waals surface area contributed by atoms with Crippen molar-refractivity contribution in [1.82, 2.24) is 15.4 Å². The van der Waals surface area contributed by atoms with Crippen molar-refractivity contribution in [1.29, 1.82) is 0 Å². The van der Waals surface area contributed by atoms with E-state index in [0.29, 0.717) is 12.1 Å². The van der Waals surface area contributed by atoms with E-state index in [4.69, 9.17) is 0 Å². The number of carbonyl (C=O) groups excluding carboxylic acids is 3. The van der Waals surface area contributed by atoms with Gasteiger partial charge < -0.3 is 10.1 Å². The van der Waals surface area contributed by atoms with Gasteiger partial charge in [-0.2, -0.15) is 0 Å². The van der Waals surface area contributed by atoms with E-state index in [0.717, 1.165) is 5.56 Å². The molecule has 0 spiro atoms. The Morgan fingerprint density at radius 2 is 1.85 bits per heavy atom. The number of sulfonamides is 1. The highest BCUT2D eigenvalue weighted by Crippen LogP contribution is 2.16. The second kappa shape index (κ2) is 9.88. The molecule has 26 heavy (non-hydrogen) atoms. The third-order valence-electron chi connectivity index (χ3n) is 3.20. The molecule has 10 heteroatoms. The van der Waals surface area contributed by atoms with E-state index >= 15 is 0 Å². The number of hydrogen-bond donors (Lipinski definition) is 3. The van der Waals surface area contributed by atoms with E-state index in [-0.39, 0.29) is 17.9 Å². The van der Waals surface area contributed by atoms with Gasteiger partial charge in [0.25, 0.3) is 5.91 Å². The van der Waals surface area contributed by atoms with Crippen LogP contribution in [0, 0.1) is 13.8 Å². The van der Waals surface area contributed by atoms with Gasteiger partial charge in [0.15, 0.2) is 6.61 Å². The molecule has 0 fully saturated rings. The molecule has 0 atom stereocenters. The molecule has 0 saturated carbocycles. The fourth-order valence-electron chi connectivity index (χ4n) is 2.05. The number of urea groups is 1. The van der Waals surface area contributed by atoms with Crippen molar-refractivity contribution in [2.45, 2.75) is 32.1 Å². The van der Waals surface area contributed by atoms with Crippen LogP contribution < -0.4 is 15.4 Å². The quantitative estimate of drug-likeness (QED) is 0.554. The van der Waals surface area contributed by atoms with Gasteiger partial charge in [-0.3, -0.25) is 14.9 Å². The predicted molar refractivity (Wildman–Crippen MR) is 93.9 cm³/mol. The second-order valence-electron chi connectivity index (χ2n) is 5.49. The van der Waals surface area contributed by atoms with Crippen molar-refractivity contribution in [2.75, 3.05) is 19.7 Å². The first-order valence-electron chi connectivity index (χ1n) is 7.96. The molecule has 0 radical (unpaired) electrons. The molecule has 0 aromatic heterocycles. The molecule has 0 heterocycles. The largest absolute Gasteiger partial charge is 0.456 e. The molecule has 0 unspecified atom stereocenters. The van der Waals surface area contributed by atoms with Crippen LogP contribution in [0.1, 0.15) is 24.5 Å². The molecule has 0 bridgehead atoms. The molecule has 1 rings (SSSR count). The first-order valence-corrected chi connectivity index (χ1v) is 9.44. The van der Waals surface area contributed by atoms with Crippen LogP contribution in [-0.4, -0.2) is 46.0 Å². The first-order chi connectivity index (χ1) is 12.2. The topological polar surface area (TPSA) is 131 Å². The maximum Gasteiger partial charge on any atom is 0.321 e. The summed E-state index contributed by atoms with van der Waals surface area (Å²) >= 11 is 0. The van der Waals surface area contributed by atoms with Crippen LogP contribution in [0.15, 0.2) is 23.1 Å². The summed E-state index contributed by atoms with van der Waals surface area (Å²) in [5, 5.41) is 4.32. The van der Waals surface area contributed by atoms with Crippen LogP contribution in [0.4, 0.5) is 4.79 Å². The third-order valence-corrected chi connectivity index (χ3v) is 4.82. The van der Waals surface area contributed by atoms with E-state index in [1.807, 2.05) is 12.2 Å². The van der Waals surface area contributed by atoms with E-state index in [1.165, 1.54) is 6.07 Å². The summed E-state index contributed by atoms with van der Waals surface area (Å²) < 4.78 is 31.4. The summed E-state index contributed by atoms with van der Waals surface area (Å²) in [5.41, 5.74) is 1.54. The van der Waals surface area contributed by atoms with Crippen molar-refractivity contribution >= 4 is 27.9 Å². The summed E-state index contributed by atoms with van der Waals surface area (Å²) in [5.74, 6) is -1.54. The van der Waals surface area contributed by atoms with Crippen molar-refractivity contribution in [3.8, 4) is 0 Å². The number of benzene rings is 1. The van der Waals surface area contributed by atoms with Gasteiger partial charge in [0, 0.05) is 13.1 Å². The average molecular weight is 385 g/mol. The Kier molecular flexibility index (Phi) is 8.20. The van der Waals surface area contributed by atoms with Gasteiger partial charge in [0.2, 0.25) is 10.0 Å². The van der Waals surface area contributed by atoms with Crippen LogP contribution in [0.2, 0.25) is 0 Å². The highest BCUT2D eigenvalue weighted by molar-refractivity contribution is 7.89. The zero-order chi connectivity index (χ0) is 19.7. The van der Waals surface area contributed by atoms with Crippen molar-refractivity contribution in [3.05, 3.63) is 29.3 Å². The average Bonchev–Trinajstić information content (AvgIpc) is 2.52.